The highest BCUT2D eigenvalue weighted by Gasteiger charge is 2.44. The van der Waals surface area contributed by atoms with Gasteiger partial charge in [0.1, 0.15) is 6.61 Å². The van der Waals surface area contributed by atoms with Gasteiger partial charge in [-0.25, -0.2) is 4.79 Å². The quantitative estimate of drug-likeness (QED) is 0.603. The van der Waals surface area contributed by atoms with E-state index in [2.05, 4.69) is 29.6 Å². The second-order valence-corrected chi connectivity index (χ2v) is 9.28. The number of hydrogen-bond acceptors (Lipinski definition) is 4. The van der Waals surface area contributed by atoms with Gasteiger partial charge in [-0.1, -0.05) is 62.4 Å². The molecule has 2 amide bonds. The maximum atomic E-state index is 12.8. The third-order valence-corrected chi connectivity index (χ3v) is 7.42. The van der Waals surface area contributed by atoms with Gasteiger partial charge in [-0.3, -0.25) is 9.59 Å². The summed E-state index contributed by atoms with van der Waals surface area (Å²) in [6.45, 7) is 4.61. The Bertz CT molecular complexity index is 1040. The van der Waals surface area contributed by atoms with E-state index in [9.17, 15) is 19.5 Å². The number of carbonyl (C=O) groups excluding carboxylic acids is 2. The van der Waals surface area contributed by atoms with Crippen molar-refractivity contribution in [2.75, 3.05) is 19.7 Å². The molecular weight excluding hydrogens is 432 g/mol. The monoisotopic (exact) mass is 464 g/mol. The van der Waals surface area contributed by atoms with E-state index in [0.29, 0.717) is 25.8 Å². The summed E-state index contributed by atoms with van der Waals surface area (Å²) in [4.78, 5) is 38.7. The van der Waals surface area contributed by atoms with E-state index in [-0.39, 0.29) is 37.4 Å². The third kappa shape index (κ3) is 4.52. The van der Waals surface area contributed by atoms with Crippen LogP contribution in [0.3, 0.4) is 0 Å². The molecule has 1 fully saturated rings. The minimum Gasteiger partial charge on any atom is -0.481 e. The zero-order valence-corrected chi connectivity index (χ0v) is 19.8. The molecule has 7 heteroatoms. The number of rotatable bonds is 8. The van der Waals surface area contributed by atoms with Crippen LogP contribution in [-0.2, 0) is 14.3 Å². The lowest BCUT2D eigenvalue weighted by Gasteiger charge is -2.24. The van der Waals surface area contributed by atoms with Crippen molar-refractivity contribution in [1.82, 2.24) is 10.2 Å². The van der Waals surface area contributed by atoms with Crippen LogP contribution in [-0.4, -0.2) is 53.7 Å². The second-order valence-electron chi connectivity index (χ2n) is 9.28. The summed E-state index contributed by atoms with van der Waals surface area (Å²) in [6, 6.07) is 15.9. The van der Waals surface area contributed by atoms with Crippen molar-refractivity contribution in [1.29, 1.82) is 0 Å². The van der Waals surface area contributed by atoms with Gasteiger partial charge in [0.2, 0.25) is 5.91 Å². The fourth-order valence-electron chi connectivity index (χ4n) is 5.14. The number of likely N-dealkylation sites (tertiary alicyclic amines) is 1. The Hall–Kier alpha value is -3.35. The number of fused-ring (bicyclic) bond motifs is 3. The van der Waals surface area contributed by atoms with Gasteiger partial charge in [0.05, 0.1) is 5.41 Å². The zero-order valence-electron chi connectivity index (χ0n) is 19.8. The van der Waals surface area contributed by atoms with Crippen LogP contribution < -0.4 is 5.32 Å². The SMILES string of the molecule is CC[C@@H](CC(=O)N1CCC(CC)(C(=O)O)C1)NC(=O)OCC1c2ccccc2-c2ccccc21. The maximum Gasteiger partial charge on any atom is 0.407 e. The highest BCUT2D eigenvalue weighted by Crippen LogP contribution is 2.44. The van der Waals surface area contributed by atoms with Crippen LogP contribution in [0.5, 0.6) is 0 Å². The van der Waals surface area contributed by atoms with Gasteiger partial charge in [0.25, 0.3) is 0 Å². The Morgan fingerprint density at radius 1 is 1.09 bits per heavy atom. The molecule has 1 aliphatic carbocycles. The first-order valence-corrected chi connectivity index (χ1v) is 12.0. The van der Waals surface area contributed by atoms with Crippen molar-refractivity contribution >= 4 is 18.0 Å². The van der Waals surface area contributed by atoms with Gasteiger partial charge in [-0.2, -0.15) is 0 Å². The molecule has 34 heavy (non-hydrogen) atoms. The first kappa shape index (κ1) is 23.8. The second kappa shape index (κ2) is 9.87. The molecule has 2 aliphatic rings. The molecule has 180 valence electrons. The summed E-state index contributed by atoms with van der Waals surface area (Å²) >= 11 is 0. The van der Waals surface area contributed by atoms with Crippen molar-refractivity contribution in [2.24, 2.45) is 5.41 Å². The predicted octanol–water partition coefficient (Wildman–Crippen LogP) is 4.41. The van der Waals surface area contributed by atoms with Crippen molar-refractivity contribution in [2.45, 2.75) is 51.5 Å². The Balaban J connectivity index is 1.33. The predicted molar refractivity (Wildman–Crippen MR) is 128 cm³/mol. The van der Waals surface area contributed by atoms with Crippen LogP contribution in [0.1, 0.15) is 56.6 Å². The summed E-state index contributed by atoms with van der Waals surface area (Å²) in [5, 5.41) is 12.4. The van der Waals surface area contributed by atoms with E-state index >= 15 is 0 Å². The molecule has 0 radical (unpaired) electrons. The number of hydrogen-bond donors (Lipinski definition) is 2. The summed E-state index contributed by atoms with van der Waals surface area (Å²) in [7, 11) is 0. The van der Waals surface area contributed by atoms with E-state index in [1.54, 1.807) is 4.90 Å². The first-order chi connectivity index (χ1) is 16.4. The normalized spacial score (nSPS) is 19.9. The molecule has 0 bridgehead atoms. The summed E-state index contributed by atoms with van der Waals surface area (Å²) in [5.41, 5.74) is 3.76. The van der Waals surface area contributed by atoms with Gasteiger partial charge < -0.3 is 20.1 Å². The van der Waals surface area contributed by atoms with Crippen LogP contribution in [0.15, 0.2) is 48.5 Å². The zero-order chi connectivity index (χ0) is 24.3. The molecule has 1 unspecified atom stereocenters. The fourth-order valence-corrected chi connectivity index (χ4v) is 5.14. The lowest BCUT2D eigenvalue weighted by molar-refractivity contribution is -0.148. The molecule has 4 rings (SSSR count). The average molecular weight is 465 g/mol. The summed E-state index contributed by atoms with van der Waals surface area (Å²) in [5.74, 6) is -1.01. The molecule has 0 spiro atoms. The Morgan fingerprint density at radius 2 is 1.71 bits per heavy atom. The van der Waals surface area contributed by atoms with E-state index in [4.69, 9.17) is 4.74 Å². The highest BCUT2D eigenvalue weighted by molar-refractivity contribution is 5.82. The number of aliphatic carboxylic acids is 1. The third-order valence-electron chi connectivity index (χ3n) is 7.42. The average Bonchev–Trinajstić information content (AvgIpc) is 3.43. The molecule has 2 aromatic rings. The van der Waals surface area contributed by atoms with Gasteiger partial charge in [-0.15, -0.1) is 0 Å². The van der Waals surface area contributed by atoms with Gasteiger partial charge >= 0.3 is 12.1 Å². The number of benzene rings is 2. The Morgan fingerprint density at radius 3 is 2.24 bits per heavy atom. The minimum absolute atomic E-state index is 0.0253. The van der Waals surface area contributed by atoms with Crippen LogP contribution >= 0.6 is 0 Å². The number of ether oxygens (including phenoxy) is 1. The van der Waals surface area contributed by atoms with Crippen molar-refractivity contribution in [3.8, 4) is 11.1 Å². The summed E-state index contributed by atoms with van der Waals surface area (Å²) < 4.78 is 5.61. The van der Waals surface area contributed by atoms with Crippen LogP contribution in [0.2, 0.25) is 0 Å². The topological polar surface area (TPSA) is 95.9 Å². The molecule has 7 nitrogen and oxygen atoms in total. The number of alkyl carbamates (subject to hydrolysis) is 1. The van der Waals surface area contributed by atoms with Crippen molar-refractivity contribution in [3.63, 3.8) is 0 Å². The molecule has 2 atom stereocenters. The number of carboxylic acids is 1. The molecule has 1 aliphatic heterocycles. The molecule has 0 aromatic heterocycles. The number of nitrogens with zero attached hydrogens (tertiary/aromatic N) is 1. The molecule has 2 aromatic carbocycles. The van der Waals surface area contributed by atoms with Gasteiger partial charge in [-0.05, 0) is 41.5 Å². The Kier molecular flexibility index (Phi) is 6.91. The molecule has 1 saturated heterocycles. The number of carbonyl (C=O) groups is 3. The van der Waals surface area contributed by atoms with Gasteiger partial charge in [0, 0.05) is 31.5 Å². The van der Waals surface area contributed by atoms with Crippen LogP contribution in [0.4, 0.5) is 4.79 Å². The van der Waals surface area contributed by atoms with Crippen LogP contribution in [0.25, 0.3) is 11.1 Å². The summed E-state index contributed by atoms with van der Waals surface area (Å²) in [6.07, 6.45) is 1.10. The lowest BCUT2D eigenvalue weighted by Crippen LogP contribution is -2.41. The molecule has 0 saturated carbocycles. The van der Waals surface area contributed by atoms with E-state index in [1.807, 2.05) is 38.1 Å². The molecule has 2 N–H and O–H groups in total. The molecular formula is C27H32N2O5. The lowest BCUT2D eigenvalue weighted by atomic mass is 9.84. The Labute approximate surface area is 200 Å². The molecule has 1 heterocycles. The maximum absolute atomic E-state index is 12.8. The van der Waals surface area contributed by atoms with E-state index in [1.165, 1.54) is 11.1 Å². The van der Waals surface area contributed by atoms with Crippen molar-refractivity contribution < 1.29 is 24.2 Å². The van der Waals surface area contributed by atoms with Gasteiger partial charge in [0.15, 0.2) is 0 Å². The number of nitrogens with one attached hydrogen (secondary N) is 1. The number of carboxylic acid groups (broad SMARTS) is 1. The largest absolute Gasteiger partial charge is 0.481 e. The highest BCUT2D eigenvalue weighted by atomic mass is 16.5. The van der Waals surface area contributed by atoms with E-state index < -0.39 is 17.5 Å². The first-order valence-electron chi connectivity index (χ1n) is 12.0. The fraction of sp³-hybridized carbons (Fsp3) is 0.444. The van der Waals surface area contributed by atoms with Crippen LogP contribution in [0, 0.1) is 5.41 Å². The minimum atomic E-state index is -0.863. The smallest absolute Gasteiger partial charge is 0.407 e. The van der Waals surface area contributed by atoms with E-state index in [0.717, 1.165) is 11.1 Å². The number of amides is 2. The standard InChI is InChI=1S/C27H32N2O5/c1-3-18(15-24(30)29-14-13-27(4-2,17-29)25(31)32)28-26(33)34-16-23-21-11-7-5-9-19(21)20-10-6-8-12-22(20)23/h5-12,18,23H,3-4,13-17H2,1-2H3,(H,28,33)(H,31,32)/t18-,27?/m0/s1. The van der Waals surface area contributed by atoms with Crippen molar-refractivity contribution in [3.05, 3.63) is 59.7 Å².